The first-order valence-corrected chi connectivity index (χ1v) is 7.68. The molecular weight excluding hydrogens is 333 g/mol. The highest BCUT2D eigenvalue weighted by Crippen LogP contribution is 2.17. The minimum atomic E-state index is -1.68. The highest BCUT2D eigenvalue weighted by Gasteiger charge is 2.18. The molecule has 134 valence electrons. The topological polar surface area (TPSA) is 57.3 Å². The van der Waals surface area contributed by atoms with Crippen LogP contribution in [0.1, 0.15) is 16.8 Å². The predicted octanol–water partition coefficient (Wildman–Crippen LogP) is 3.11. The average Bonchev–Trinajstić information content (AvgIpc) is 2.58. The molecule has 0 aliphatic carbocycles. The monoisotopic (exact) mass is 352 g/mol. The Morgan fingerprint density at radius 1 is 1.12 bits per heavy atom. The van der Waals surface area contributed by atoms with Crippen LogP contribution in [0.15, 0.2) is 30.5 Å². The van der Waals surface area contributed by atoms with Gasteiger partial charge in [-0.05, 0) is 51.3 Å². The Morgan fingerprint density at radius 3 is 2.52 bits per heavy atom. The SMILES string of the molecule is CN(C)CCCNc1ccc(NC(=O)c2ccc(F)c(F)c2F)cn1. The molecular formula is C17H19F3N4O. The highest BCUT2D eigenvalue weighted by atomic mass is 19.2. The van der Waals surface area contributed by atoms with E-state index in [-0.39, 0.29) is 0 Å². The van der Waals surface area contributed by atoms with E-state index in [9.17, 15) is 18.0 Å². The highest BCUT2D eigenvalue weighted by molar-refractivity contribution is 6.04. The van der Waals surface area contributed by atoms with Crippen molar-refractivity contribution in [2.45, 2.75) is 6.42 Å². The Bertz CT molecular complexity index is 735. The van der Waals surface area contributed by atoms with E-state index in [1.165, 1.54) is 6.20 Å². The van der Waals surface area contributed by atoms with E-state index in [1.807, 2.05) is 14.1 Å². The second-order valence-corrected chi connectivity index (χ2v) is 5.69. The van der Waals surface area contributed by atoms with Crippen LogP contribution in [0.4, 0.5) is 24.7 Å². The molecule has 1 amide bonds. The van der Waals surface area contributed by atoms with Gasteiger partial charge >= 0.3 is 0 Å². The fourth-order valence-corrected chi connectivity index (χ4v) is 2.08. The first-order chi connectivity index (χ1) is 11.9. The van der Waals surface area contributed by atoms with Crippen LogP contribution < -0.4 is 10.6 Å². The quantitative estimate of drug-likeness (QED) is 0.594. The predicted molar refractivity (Wildman–Crippen MR) is 90.2 cm³/mol. The van der Waals surface area contributed by atoms with Crippen LogP contribution in [-0.2, 0) is 0 Å². The zero-order valence-electron chi connectivity index (χ0n) is 13.9. The number of hydrogen-bond acceptors (Lipinski definition) is 4. The van der Waals surface area contributed by atoms with Gasteiger partial charge in [0.2, 0.25) is 0 Å². The summed E-state index contributed by atoms with van der Waals surface area (Å²) in [6.45, 7) is 1.69. The van der Waals surface area contributed by atoms with E-state index in [1.54, 1.807) is 12.1 Å². The molecule has 0 saturated carbocycles. The molecule has 2 rings (SSSR count). The number of carbonyl (C=O) groups is 1. The third kappa shape index (κ3) is 5.18. The third-order valence-corrected chi connectivity index (χ3v) is 3.39. The van der Waals surface area contributed by atoms with Gasteiger partial charge in [0.25, 0.3) is 5.91 Å². The lowest BCUT2D eigenvalue weighted by Gasteiger charge is -2.11. The van der Waals surface area contributed by atoms with Crippen LogP contribution in [0.25, 0.3) is 0 Å². The maximum Gasteiger partial charge on any atom is 0.258 e. The van der Waals surface area contributed by atoms with E-state index in [2.05, 4.69) is 20.5 Å². The fraction of sp³-hybridized carbons (Fsp3) is 0.294. The molecule has 8 heteroatoms. The Morgan fingerprint density at radius 2 is 1.88 bits per heavy atom. The standard InChI is InChI=1S/C17H19F3N4O/c1-24(2)9-3-8-21-14-7-4-11(10-22-14)23-17(25)12-5-6-13(18)16(20)15(12)19/h4-7,10H,3,8-9H2,1-2H3,(H,21,22)(H,23,25). The van der Waals surface area contributed by atoms with E-state index in [0.29, 0.717) is 17.6 Å². The molecule has 0 radical (unpaired) electrons. The molecule has 0 saturated heterocycles. The molecule has 1 aromatic heterocycles. The lowest BCUT2D eigenvalue weighted by Crippen LogP contribution is -2.17. The molecule has 0 aliphatic rings. The number of benzene rings is 1. The lowest BCUT2D eigenvalue weighted by molar-refractivity contribution is 0.102. The number of hydrogen-bond donors (Lipinski definition) is 2. The van der Waals surface area contributed by atoms with Gasteiger partial charge in [-0.15, -0.1) is 0 Å². The molecule has 0 bridgehead atoms. The minimum absolute atomic E-state index is 0.313. The van der Waals surface area contributed by atoms with Crippen molar-refractivity contribution in [2.75, 3.05) is 37.8 Å². The summed E-state index contributed by atoms with van der Waals surface area (Å²) < 4.78 is 39.7. The van der Waals surface area contributed by atoms with Crippen molar-refractivity contribution >= 4 is 17.4 Å². The van der Waals surface area contributed by atoms with Gasteiger partial charge < -0.3 is 15.5 Å². The van der Waals surface area contributed by atoms with Crippen molar-refractivity contribution < 1.29 is 18.0 Å². The number of aromatic nitrogens is 1. The number of amides is 1. The summed E-state index contributed by atoms with van der Waals surface area (Å²) in [4.78, 5) is 18.2. The van der Waals surface area contributed by atoms with Gasteiger partial charge in [-0.3, -0.25) is 4.79 Å². The molecule has 0 fully saturated rings. The van der Waals surface area contributed by atoms with Crippen LogP contribution in [-0.4, -0.2) is 43.0 Å². The third-order valence-electron chi connectivity index (χ3n) is 3.39. The summed E-state index contributed by atoms with van der Waals surface area (Å²) >= 11 is 0. The number of halogens is 3. The normalized spacial score (nSPS) is 10.8. The van der Waals surface area contributed by atoms with E-state index < -0.39 is 28.9 Å². The van der Waals surface area contributed by atoms with E-state index in [0.717, 1.165) is 25.6 Å². The molecule has 1 heterocycles. The average molecular weight is 352 g/mol. The molecule has 2 aromatic rings. The molecule has 0 unspecified atom stereocenters. The summed E-state index contributed by atoms with van der Waals surface area (Å²) in [7, 11) is 3.98. The van der Waals surface area contributed by atoms with Crippen molar-refractivity contribution in [3.05, 3.63) is 53.5 Å². The van der Waals surface area contributed by atoms with Crippen LogP contribution in [0, 0.1) is 17.5 Å². The maximum absolute atomic E-state index is 13.6. The van der Waals surface area contributed by atoms with Gasteiger partial charge in [0.15, 0.2) is 17.5 Å². The summed E-state index contributed by atoms with van der Waals surface area (Å²) in [5.74, 6) is -4.80. The molecule has 25 heavy (non-hydrogen) atoms. The van der Waals surface area contributed by atoms with Gasteiger partial charge in [-0.1, -0.05) is 0 Å². The van der Waals surface area contributed by atoms with Crippen LogP contribution in [0.5, 0.6) is 0 Å². The smallest absolute Gasteiger partial charge is 0.258 e. The van der Waals surface area contributed by atoms with E-state index in [4.69, 9.17) is 0 Å². The van der Waals surface area contributed by atoms with Crippen LogP contribution >= 0.6 is 0 Å². The first-order valence-electron chi connectivity index (χ1n) is 7.68. The summed E-state index contributed by atoms with van der Waals surface area (Å²) in [5, 5.41) is 5.52. The molecule has 1 aromatic carbocycles. The minimum Gasteiger partial charge on any atom is -0.370 e. The van der Waals surface area contributed by atoms with Gasteiger partial charge in [0.1, 0.15) is 5.82 Å². The van der Waals surface area contributed by atoms with Gasteiger partial charge in [-0.2, -0.15) is 0 Å². The lowest BCUT2D eigenvalue weighted by atomic mass is 10.2. The van der Waals surface area contributed by atoms with Crippen LogP contribution in [0.2, 0.25) is 0 Å². The number of nitrogens with one attached hydrogen (secondary N) is 2. The zero-order chi connectivity index (χ0) is 18.4. The second-order valence-electron chi connectivity index (χ2n) is 5.69. The second kappa shape index (κ2) is 8.48. The Labute approximate surface area is 143 Å². The number of pyridine rings is 1. The van der Waals surface area contributed by atoms with Gasteiger partial charge in [0, 0.05) is 6.54 Å². The number of carbonyl (C=O) groups excluding carboxylic acids is 1. The Kier molecular flexibility index (Phi) is 6.35. The molecule has 5 nitrogen and oxygen atoms in total. The molecule has 0 aliphatic heterocycles. The van der Waals surface area contributed by atoms with Crippen molar-refractivity contribution in [3.63, 3.8) is 0 Å². The van der Waals surface area contributed by atoms with Crippen molar-refractivity contribution in [3.8, 4) is 0 Å². The number of nitrogens with zero attached hydrogens (tertiary/aromatic N) is 2. The summed E-state index contributed by atoms with van der Waals surface area (Å²) in [5.41, 5.74) is -0.266. The van der Waals surface area contributed by atoms with Gasteiger partial charge in [-0.25, -0.2) is 18.2 Å². The summed E-state index contributed by atoms with van der Waals surface area (Å²) in [6, 6.07) is 4.83. The zero-order valence-corrected chi connectivity index (χ0v) is 13.9. The molecule has 0 atom stereocenters. The molecule has 0 spiro atoms. The number of rotatable bonds is 7. The van der Waals surface area contributed by atoms with Crippen molar-refractivity contribution in [1.82, 2.24) is 9.88 Å². The van der Waals surface area contributed by atoms with E-state index >= 15 is 0 Å². The van der Waals surface area contributed by atoms with Crippen molar-refractivity contribution in [2.24, 2.45) is 0 Å². The Balaban J connectivity index is 1.95. The van der Waals surface area contributed by atoms with Crippen LogP contribution in [0.3, 0.4) is 0 Å². The maximum atomic E-state index is 13.6. The van der Waals surface area contributed by atoms with Crippen molar-refractivity contribution in [1.29, 1.82) is 0 Å². The number of anilines is 2. The summed E-state index contributed by atoms with van der Waals surface area (Å²) in [6.07, 6.45) is 2.34. The van der Waals surface area contributed by atoms with Gasteiger partial charge in [0.05, 0.1) is 17.4 Å². The fourth-order valence-electron chi connectivity index (χ4n) is 2.08. The molecule has 2 N–H and O–H groups in total. The first kappa shape index (κ1) is 18.7. The largest absolute Gasteiger partial charge is 0.370 e. The Hall–Kier alpha value is -2.61.